The molecular formula is C11H11N3O. The number of carbonyl (C=O) groups is 1. The van der Waals surface area contributed by atoms with Crippen LogP contribution in [0.3, 0.4) is 0 Å². The fourth-order valence-electron chi connectivity index (χ4n) is 0.890. The molecule has 15 heavy (non-hydrogen) atoms. The van der Waals surface area contributed by atoms with Crippen molar-refractivity contribution in [2.75, 3.05) is 0 Å². The van der Waals surface area contributed by atoms with Crippen LogP contribution in [0.1, 0.15) is 10.4 Å². The summed E-state index contributed by atoms with van der Waals surface area (Å²) in [5, 5.41) is 2.56. The predicted octanol–water partition coefficient (Wildman–Crippen LogP) is 1.54. The smallest absolute Gasteiger partial charge is 0.257 e. The molecule has 0 radical (unpaired) electrons. The highest BCUT2D eigenvalue weighted by molar-refractivity contribution is 5.98. The Labute approximate surface area is 88.1 Å². The molecule has 1 N–H and O–H groups in total. The Kier molecular flexibility index (Phi) is 3.97. The summed E-state index contributed by atoms with van der Waals surface area (Å²) in [4.78, 5) is 19.1. The van der Waals surface area contributed by atoms with Crippen molar-refractivity contribution in [3.63, 3.8) is 0 Å². The molecule has 0 saturated carbocycles. The van der Waals surface area contributed by atoms with Crippen molar-refractivity contribution in [2.24, 2.45) is 4.99 Å². The third kappa shape index (κ3) is 3.56. The van der Waals surface area contributed by atoms with Gasteiger partial charge in [-0.3, -0.25) is 14.8 Å². The minimum Gasteiger partial charge on any atom is -0.321 e. The standard InChI is InChI=1S/C11H11N3O/c1-3-12-7-9(2)14-11(15)10-5-4-6-13-8-10/h3-8H,1-2H2,(H,14,15). The van der Waals surface area contributed by atoms with Gasteiger partial charge in [-0.25, -0.2) is 0 Å². The van der Waals surface area contributed by atoms with Crippen LogP contribution in [0.5, 0.6) is 0 Å². The number of carbonyl (C=O) groups excluding carboxylic acids is 1. The SMILES string of the molecule is C=CN=CC(=C)NC(=O)c1cccnc1. The molecule has 76 valence electrons. The summed E-state index contributed by atoms with van der Waals surface area (Å²) in [7, 11) is 0. The third-order valence-corrected chi connectivity index (χ3v) is 1.53. The highest BCUT2D eigenvalue weighted by Gasteiger charge is 2.04. The first-order valence-electron chi connectivity index (χ1n) is 4.28. The van der Waals surface area contributed by atoms with Crippen LogP contribution in [-0.4, -0.2) is 17.1 Å². The van der Waals surface area contributed by atoms with Crippen LogP contribution >= 0.6 is 0 Å². The number of aliphatic imine (C=N–C) groups is 1. The molecule has 1 heterocycles. The summed E-state index contributed by atoms with van der Waals surface area (Å²) in [6.07, 6.45) is 5.86. The van der Waals surface area contributed by atoms with Gasteiger partial charge in [0, 0.05) is 24.8 Å². The van der Waals surface area contributed by atoms with Gasteiger partial charge in [0.05, 0.1) is 11.3 Å². The van der Waals surface area contributed by atoms with Crippen molar-refractivity contribution in [3.8, 4) is 0 Å². The van der Waals surface area contributed by atoms with Gasteiger partial charge < -0.3 is 5.32 Å². The van der Waals surface area contributed by atoms with E-state index in [9.17, 15) is 4.79 Å². The fourth-order valence-corrected chi connectivity index (χ4v) is 0.890. The summed E-state index contributed by atoms with van der Waals surface area (Å²) in [5.74, 6) is -0.261. The Balaban J connectivity index is 2.61. The number of nitrogens with one attached hydrogen (secondary N) is 1. The molecule has 0 aliphatic heterocycles. The molecule has 0 unspecified atom stereocenters. The molecule has 0 saturated heterocycles. The van der Waals surface area contributed by atoms with E-state index >= 15 is 0 Å². The topological polar surface area (TPSA) is 54.4 Å². The monoisotopic (exact) mass is 201 g/mol. The molecule has 0 aromatic carbocycles. The van der Waals surface area contributed by atoms with Crippen molar-refractivity contribution in [3.05, 3.63) is 55.1 Å². The van der Waals surface area contributed by atoms with Crippen molar-refractivity contribution in [1.29, 1.82) is 0 Å². The van der Waals surface area contributed by atoms with Crippen LogP contribution in [0.25, 0.3) is 0 Å². The molecule has 1 aromatic rings. The normalized spacial score (nSPS) is 9.87. The second-order valence-corrected chi connectivity index (χ2v) is 2.68. The first-order chi connectivity index (χ1) is 7.24. The van der Waals surface area contributed by atoms with E-state index in [0.717, 1.165) is 0 Å². The second kappa shape index (κ2) is 5.49. The second-order valence-electron chi connectivity index (χ2n) is 2.68. The lowest BCUT2D eigenvalue weighted by Gasteiger charge is -2.02. The van der Waals surface area contributed by atoms with E-state index in [-0.39, 0.29) is 5.91 Å². The van der Waals surface area contributed by atoms with Crippen molar-refractivity contribution in [2.45, 2.75) is 0 Å². The van der Waals surface area contributed by atoms with Crippen molar-refractivity contribution >= 4 is 12.1 Å². The minimum absolute atomic E-state index is 0.261. The third-order valence-electron chi connectivity index (χ3n) is 1.53. The number of aromatic nitrogens is 1. The first-order valence-corrected chi connectivity index (χ1v) is 4.28. The summed E-state index contributed by atoms with van der Waals surface area (Å²) in [6.45, 7) is 7.02. The van der Waals surface area contributed by atoms with Gasteiger partial charge in [0.25, 0.3) is 5.91 Å². The van der Waals surface area contributed by atoms with E-state index in [2.05, 4.69) is 28.5 Å². The Morgan fingerprint density at radius 1 is 1.60 bits per heavy atom. The molecular weight excluding hydrogens is 190 g/mol. The molecule has 4 heteroatoms. The lowest BCUT2D eigenvalue weighted by Crippen LogP contribution is -2.22. The lowest BCUT2D eigenvalue weighted by molar-refractivity contribution is 0.0968. The number of hydrogen-bond acceptors (Lipinski definition) is 3. The van der Waals surface area contributed by atoms with Gasteiger partial charge in [0.1, 0.15) is 0 Å². The molecule has 0 bridgehead atoms. The molecule has 0 spiro atoms. The van der Waals surface area contributed by atoms with Gasteiger partial charge in [-0.1, -0.05) is 13.2 Å². The highest BCUT2D eigenvalue weighted by Crippen LogP contribution is 1.96. The van der Waals surface area contributed by atoms with Gasteiger partial charge >= 0.3 is 0 Å². The van der Waals surface area contributed by atoms with Crippen LogP contribution in [0, 0.1) is 0 Å². The average molecular weight is 201 g/mol. The van der Waals surface area contributed by atoms with Gasteiger partial charge in [0.15, 0.2) is 0 Å². The highest BCUT2D eigenvalue weighted by atomic mass is 16.1. The summed E-state index contributed by atoms with van der Waals surface area (Å²) < 4.78 is 0. The van der Waals surface area contributed by atoms with E-state index in [1.807, 2.05) is 0 Å². The molecule has 0 fully saturated rings. The zero-order chi connectivity index (χ0) is 11.1. The van der Waals surface area contributed by atoms with Crippen LogP contribution in [0.2, 0.25) is 0 Å². The van der Waals surface area contributed by atoms with Crippen LogP contribution in [0.4, 0.5) is 0 Å². The maximum absolute atomic E-state index is 11.5. The molecule has 1 rings (SSSR count). The number of rotatable bonds is 4. The first kappa shape index (κ1) is 10.8. The van der Waals surface area contributed by atoms with Gasteiger partial charge in [-0.15, -0.1) is 0 Å². The van der Waals surface area contributed by atoms with Gasteiger partial charge in [0.2, 0.25) is 0 Å². The summed E-state index contributed by atoms with van der Waals surface area (Å²) >= 11 is 0. The molecule has 4 nitrogen and oxygen atoms in total. The molecule has 0 aliphatic rings. The molecule has 0 aliphatic carbocycles. The quantitative estimate of drug-likeness (QED) is 0.751. The van der Waals surface area contributed by atoms with E-state index < -0.39 is 0 Å². The lowest BCUT2D eigenvalue weighted by atomic mass is 10.2. The van der Waals surface area contributed by atoms with Crippen LogP contribution in [0.15, 0.2) is 54.6 Å². The summed E-state index contributed by atoms with van der Waals surface area (Å²) in [6, 6.07) is 3.36. The number of pyridine rings is 1. The van der Waals surface area contributed by atoms with E-state index in [1.165, 1.54) is 18.6 Å². The number of nitrogens with zero attached hydrogens (tertiary/aromatic N) is 2. The fraction of sp³-hybridized carbons (Fsp3) is 0. The average Bonchev–Trinajstić information content (AvgIpc) is 2.27. The largest absolute Gasteiger partial charge is 0.321 e. The number of amides is 1. The van der Waals surface area contributed by atoms with E-state index in [0.29, 0.717) is 11.3 Å². The van der Waals surface area contributed by atoms with E-state index in [1.54, 1.807) is 18.3 Å². The molecule has 0 atom stereocenters. The molecule has 1 aromatic heterocycles. The minimum atomic E-state index is -0.261. The number of allylic oxidation sites excluding steroid dienone is 1. The Morgan fingerprint density at radius 2 is 2.40 bits per heavy atom. The molecule has 1 amide bonds. The maximum atomic E-state index is 11.5. The van der Waals surface area contributed by atoms with Crippen LogP contribution in [-0.2, 0) is 0 Å². The van der Waals surface area contributed by atoms with Crippen molar-refractivity contribution < 1.29 is 4.79 Å². The van der Waals surface area contributed by atoms with Gasteiger partial charge in [-0.2, -0.15) is 0 Å². The summed E-state index contributed by atoms with van der Waals surface area (Å²) in [5.41, 5.74) is 0.884. The Morgan fingerprint density at radius 3 is 3.00 bits per heavy atom. The van der Waals surface area contributed by atoms with Crippen LogP contribution < -0.4 is 5.32 Å². The maximum Gasteiger partial charge on any atom is 0.257 e. The van der Waals surface area contributed by atoms with Gasteiger partial charge in [-0.05, 0) is 12.1 Å². The predicted molar refractivity (Wildman–Crippen MR) is 59.5 cm³/mol. The van der Waals surface area contributed by atoms with E-state index in [4.69, 9.17) is 0 Å². The zero-order valence-electron chi connectivity index (χ0n) is 8.18. The van der Waals surface area contributed by atoms with Crippen molar-refractivity contribution in [1.82, 2.24) is 10.3 Å². The zero-order valence-corrected chi connectivity index (χ0v) is 8.18. The Bertz CT molecular complexity index is 396. The Hall–Kier alpha value is -2.23. The number of hydrogen-bond donors (Lipinski definition) is 1.